The molecule has 0 radical (unpaired) electrons. The molecule has 1 heterocycles. The van der Waals surface area contributed by atoms with Crippen LogP contribution in [-0.2, 0) is 28.7 Å². The molecule has 0 bridgehead atoms. The number of alkyl halides is 4. The van der Waals surface area contributed by atoms with E-state index < -0.39 is 67.1 Å². The zero-order valence-corrected chi connectivity index (χ0v) is 24.4. The zero-order chi connectivity index (χ0) is 33.5. The number of Topliss-reactive ketones (excluding diaryl/α,β-unsaturated/α-hetero) is 1. The molecule has 3 N–H and O–H groups in total. The number of nitrogens with zero attached hydrogens (tertiary/aromatic N) is 1. The predicted molar refractivity (Wildman–Crippen MR) is 154 cm³/mol. The molecular weight excluding hydrogens is 606 g/mol. The van der Waals surface area contributed by atoms with Gasteiger partial charge in [-0.25, -0.2) is 17.6 Å². The molecule has 1 aliphatic heterocycles. The van der Waals surface area contributed by atoms with Crippen molar-refractivity contribution in [2.24, 2.45) is 5.16 Å². The molecular formula is C30H33F4N3O8. The van der Waals surface area contributed by atoms with Crippen LogP contribution in [0.4, 0.5) is 28.9 Å². The number of hydrogen-bond acceptors (Lipinski definition) is 9. The summed E-state index contributed by atoms with van der Waals surface area (Å²) in [5.74, 6) is -4.92. The minimum absolute atomic E-state index is 0.0284. The van der Waals surface area contributed by atoms with Gasteiger partial charge in [0.05, 0.1) is 36.3 Å². The number of amides is 2. The van der Waals surface area contributed by atoms with Gasteiger partial charge in [-0.15, -0.1) is 0 Å². The van der Waals surface area contributed by atoms with E-state index in [1.54, 1.807) is 26.0 Å². The second-order valence-electron chi connectivity index (χ2n) is 9.49. The molecule has 45 heavy (non-hydrogen) atoms. The van der Waals surface area contributed by atoms with Crippen molar-refractivity contribution >= 4 is 47.1 Å². The van der Waals surface area contributed by atoms with Gasteiger partial charge in [-0.1, -0.05) is 23.4 Å². The fourth-order valence-corrected chi connectivity index (χ4v) is 4.31. The maximum absolute atomic E-state index is 12.4. The third kappa shape index (κ3) is 11.3. The van der Waals surface area contributed by atoms with Crippen molar-refractivity contribution in [2.75, 3.05) is 23.8 Å². The molecule has 0 saturated heterocycles. The number of carbonyl (C=O) groups excluding carboxylic acids is 5. The fraction of sp³-hybridized carbons (Fsp3) is 0.400. The highest BCUT2D eigenvalue weighted by Gasteiger charge is 2.31. The first-order chi connectivity index (χ1) is 21.4. The first-order valence-electron chi connectivity index (χ1n) is 13.9. The van der Waals surface area contributed by atoms with E-state index in [2.05, 4.69) is 15.8 Å². The molecule has 0 aromatic heterocycles. The maximum Gasteiger partial charge on any atom is 0.313 e. The quantitative estimate of drug-likeness (QED) is 0.0628. The molecule has 0 aliphatic carbocycles. The molecule has 2 unspecified atom stereocenters. The van der Waals surface area contributed by atoms with Gasteiger partial charge >= 0.3 is 11.9 Å². The van der Waals surface area contributed by atoms with E-state index in [-0.39, 0.29) is 31.6 Å². The van der Waals surface area contributed by atoms with Crippen LogP contribution in [-0.4, -0.2) is 67.0 Å². The first kappa shape index (κ1) is 36.4. The molecule has 15 heteroatoms. The molecule has 0 fully saturated rings. The standard InChI is InChI=1S/C15H18F2N2O4.C15H15F2NO4/c1-2-23-15(21)12(7-8-13(16)17)10-3-5-11(6-4-10)19-14(20)9-18-22;1-2-22-15(21)9(4-6-12(16)17)8-3-5-11-10(7-8)13(19)14(20)18-11/h3-6,9,12-13,22H,2,7-8H2,1H3,(H,19,20);3,5,7,9,12H,2,4,6H2,1H3,(H,18,19,20)/b18-9+;. The van der Waals surface area contributed by atoms with E-state index in [0.717, 1.165) is 0 Å². The van der Waals surface area contributed by atoms with Crippen LogP contribution in [0, 0.1) is 0 Å². The van der Waals surface area contributed by atoms with Gasteiger partial charge in [-0.2, -0.15) is 0 Å². The molecule has 244 valence electrons. The van der Waals surface area contributed by atoms with E-state index in [9.17, 15) is 41.5 Å². The van der Waals surface area contributed by atoms with E-state index in [1.807, 2.05) is 0 Å². The van der Waals surface area contributed by atoms with E-state index in [1.165, 1.54) is 30.3 Å². The Hall–Kier alpha value is -4.82. The summed E-state index contributed by atoms with van der Waals surface area (Å²) in [6, 6.07) is 10.6. The highest BCUT2D eigenvalue weighted by atomic mass is 19.3. The average molecular weight is 640 g/mol. The second-order valence-corrected chi connectivity index (χ2v) is 9.49. The van der Waals surface area contributed by atoms with Gasteiger partial charge in [0.25, 0.3) is 17.6 Å². The number of benzene rings is 2. The normalized spacial score (nSPS) is 13.5. The minimum atomic E-state index is -2.53. The van der Waals surface area contributed by atoms with Crippen LogP contribution in [0.2, 0.25) is 0 Å². The monoisotopic (exact) mass is 639 g/mol. The molecule has 2 aromatic rings. The van der Waals surface area contributed by atoms with Crippen LogP contribution in [0.15, 0.2) is 47.6 Å². The Balaban J connectivity index is 0.000000314. The Morgan fingerprint density at radius 2 is 1.36 bits per heavy atom. The highest BCUT2D eigenvalue weighted by molar-refractivity contribution is 6.51. The number of carbonyl (C=O) groups is 5. The number of ketones is 1. The third-order valence-electron chi connectivity index (χ3n) is 6.39. The van der Waals surface area contributed by atoms with Crippen molar-refractivity contribution in [2.45, 2.75) is 64.2 Å². The van der Waals surface area contributed by atoms with Crippen LogP contribution in [0.3, 0.4) is 0 Å². The van der Waals surface area contributed by atoms with Crippen LogP contribution in [0.25, 0.3) is 0 Å². The Kier molecular flexibility index (Phi) is 14.6. The lowest BCUT2D eigenvalue weighted by molar-refractivity contribution is -0.146. The smallest absolute Gasteiger partial charge is 0.313 e. The summed E-state index contributed by atoms with van der Waals surface area (Å²) >= 11 is 0. The third-order valence-corrected chi connectivity index (χ3v) is 6.39. The zero-order valence-electron chi connectivity index (χ0n) is 24.4. The second kappa shape index (κ2) is 18.1. The Morgan fingerprint density at radius 1 is 0.844 bits per heavy atom. The van der Waals surface area contributed by atoms with Crippen molar-refractivity contribution < 1.29 is 56.2 Å². The lowest BCUT2D eigenvalue weighted by Crippen LogP contribution is -2.17. The number of anilines is 2. The molecule has 3 rings (SSSR count). The molecule has 11 nitrogen and oxygen atoms in total. The Labute approximate surface area is 255 Å². The molecule has 1 aliphatic rings. The van der Waals surface area contributed by atoms with Gasteiger partial charge in [0, 0.05) is 18.5 Å². The summed E-state index contributed by atoms with van der Waals surface area (Å²) in [5, 5.41) is 15.7. The van der Waals surface area contributed by atoms with Crippen molar-refractivity contribution in [1.29, 1.82) is 0 Å². The highest BCUT2D eigenvalue weighted by Crippen LogP contribution is 2.31. The lowest BCUT2D eigenvalue weighted by atomic mass is 9.92. The topological polar surface area (TPSA) is 160 Å². The molecule has 2 aromatic carbocycles. The van der Waals surface area contributed by atoms with Crippen LogP contribution in [0.5, 0.6) is 0 Å². The molecule has 2 amide bonds. The summed E-state index contributed by atoms with van der Waals surface area (Å²) < 4.78 is 59.5. The van der Waals surface area contributed by atoms with Gasteiger partial charge < -0.3 is 25.3 Å². The largest absolute Gasteiger partial charge is 0.466 e. The fourth-order valence-electron chi connectivity index (χ4n) is 4.31. The SMILES string of the molecule is CCOC(=O)C(CCC(F)F)c1ccc(NC(=O)/C=N/O)cc1.CCOC(=O)C(CCC(F)F)c1ccc2c(c1)C(=O)C(=O)N2. The van der Waals surface area contributed by atoms with Gasteiger partial charge in [0.15, 0.2) is 0 Å². The Morgan fingerprint density at radius 3 is 1.84 bits per heavy atom. The van der Waals surface area contributed by atoms with Crippen LogP contribution < -0.4 is 10.6 Å². The van der Waals surface area contributed by atoms with E-state index in [4.69, 9.17) is 14.7 Å². The number of oxime groups is 1. The molecule has 0 spiro atoms. The number of esters is 2. The minimum Gasteiger partial charge on any atom is -0.466 e. The van der Waals surface area contributed by atoms with Gasteiger partial charge in [-0.3, -0.25) is 24.0 Å². The summed E-state index contributed by atoms with van der Waals surface area (Å²) in [6.45, 7) is 3.56. The summed E-state index contributed by atoms with van der Waals surface area (Å²) in [5.41, 5.74) is 1.83. The molecule has 2 atom stereocenters. The van der Waals surface area contributed by atoms with Crippen molar-refractivity contribution in [1.82, 2.24) is 0 Å². The summed E-state index contributed by atoms with van der Waals surface area (Å²) in [6.07, 6.45) is -5.32. The van der Waals surface area contributed by atoms with Crippen molar-refractivity contribution in [3.05, 3.63) is 59.2 Å². The van der Waals surface area contributed by atoms with Crippen molar-refractivity contribution in [3.63, 3.8) is 0 Å². The number of ether oxygens (including phenoxy) is 2. The predicted octanol–water partition coefficient (Wildman–Crippen LogP) is 5.29. The number of halogens is 4. The number of nitrogens with one attached hydrogen (secondary N) is 2. The number of rotatable bonds is 14. The van der Waals surface area contributed by atoms with Gasteiger partial charge in [0.2, 0.25) is 12.9 Å². The maximum atomic E-state index is 12.4. The van der Waals surface area contributed by atoms with E-state index in [0.29, 0.717) is 28.7 Å². The van der Waals surface area contributed by atoms with Gasteiger partial charge in [0.1, 0.15) is 6.21 Å². The molecule has 0 saturated carbocycles. The number of hydrogen-bond donors (Lipinski definition) is 3. The van der Waals surface area contributed by atoms with Crippen molar-refractivity contribution in [3.8, 4) is 0 Å². The Bertz CT molecular complexity index is 1370. The average Bonchev–Trinajstić information content (AvgIpc) is 3.27. The van der Waals surface area contributed by atoms with Gasteiger partial charge in [-0.05, 0) is 62.1 Å². The lowest BCUT2D eigenvalue weighted by Gasteiger charge is -2.16. The van der Waals surface area contributed by atoms with E-state index >= 15 is 0 Å². The first-order valence-corrected chi connectivity index (χ1v) is 13.9. The van der Waals surface area contributed by atoms with Crippen LogP contribution >= 0.6 is 0 Å². The summed E-state index contributed by atoms with van der Waals surface area (Å²) in [7, 11) is 0. The van der Waals surface area contributed by atoms with Crippen LogP contribution in [0.1, 0.15) is 72.9 Å². The summed E-state index contributed by atoms with van der Waals surface area (Å²) in [4.78, 5) is 58.1. The number of fused-ring (bicyclic) bond motifs is 1.